The van der Waals surface area contributed by atoms with Gasteiger partial charge in [0.25, 0.3) is 0 Å². The summed E-state index contributed by atoms with van der Waals surface area (Å²) in [6, 6.07) is 4.07. The Kier molecular flexibility index (Phi) is 5.06. The summed E-state index contributed by atoms with van der Waals surface area (Å²) in [6.45, 7) is 7.76. The highest BCUT2D eigenvalue weighted by Gasteiger charge is 2.02. The molecule has 2 heteroatoms. The maximum Gasteiger partial charge on any atom is 0.121 e. The molecule has 0 spiro atoms. The number of phenolic OH excluding ortho intramolecular Hbond substituents is 1. The van der Waals surface area contributed by atoms with Crippen molar-refractivity contribution < 1.29 is 5.11 Å². The van der Waals surface area contributed by atoms with Gasteiger partial charge >= 0.3 is 0 Å². The SMILES string of the molecule is C/C=C/CCNCc1cc(C)c(O)c(C)c1. The molecule has 0 aliphatic carbocycles. The van der Waals surface area contributed by atoms with E-state index < -0.39 is 0 Å². The highest BCUT2D eigenvalue weighted by molar-refractivity contribution is 5.42. The van der Waals surface area contributed by atoms with E-state index in [1.807, 2.05) is 32.9 Å². The molecule has 0 amide bonds. The van der Waals surface area contributed by atoms with Crippen LogP contribution >= 0.6 is 0 Å². The van der Waals surface area contributed by atoms with Crippen LogP contribution in [0.3, 0.4) is 0 Å². The third kappa shape index (κ3) is 3.70. The molecular formula is C14H21NO. The van der Waals surface area contributed by atoms with E-state index in [4.69, 9.17) is 0 Å². The highest BCUT2D eigenvalue weighted by atomic mass is 16.3. The van der Waals surface area contributed by atoms with Gasteiger partial charge in [0.1, 0.15) is 5.75 Å². The number of rotatable bonds is 5. The van der Waals surface area contributed by atoms with Crippen LogP contribution in [-0.4, -0.2) is 11.7 Å². The molecule has 2 N–H and O–H groups in total. The van der Waals surface area contributed by atoms with Crippen molar-refractivity contribution in [2.75, 3.05) is 6.54 Å². The molecule has 0 aliphatic heterocycles. The Balaban J connectivity index is 2.48. The molecule has 0 radical (unpaired) electrons. The van der Waals surface area contributed by atoms with Gasteiger partial charge in [0, 0.05) is 6.54 Å². The molecule has 88 valence electrons. The Morgan fingerprint density at radius 3 is 2.44 bits per heavy atom. The van der Waals surface area contributed by atoms with Crippen molar-refractivity contribution in [1.29, 1.82) is 0 Å². The van der Waals surface area contributed by atoms with Crippen LogP contribution in [0.15, 0.2) is 24.3 Å². The Bertz CT molecular complexity index is 346. The zero-order chi connectivity index (χ0) is 12.0. The van der Waals surface area contributed by atoms with E-state index in [0.29, 0.717) is 5.75 Å². The lowest BCUT2D eigenvalue weighted by molar-refractivity contribution is 0.466. The first kappa shape index (κ1) is 12.8. The molecule has 0 saturated carbocycles. The summed E-state index contributed by atoms with van der Waals surface area (Å²) >= 11 is 0. The number of benzene rings is 1. The van der Waals surface area contributed by atoms with Crippen LogP contribution in [-0.2, 0) is 6.54 Å². The van der Waals surface area contributed by atoms with Crippen LogP contribution < -0.4 is 5.32 Å². The number of allylic oxidation sites excluding steroid dienone is 1. The number of aromatic hydroxyl groups is 1. The summed E-state index contributed by atoms with van der Waals surface area (Å²) in [7, 11) is 0. The van der Waals surface area contributed by atoms with Crippen LogP contribution in [0.2, 0.25) is 0 Å². The molecule has 0 saturated heterocycles. The molecule has 1 aromatic carbocycles. The standard InChI is InChI=1S/C14H21NO/c1-4-5-6-7-15-10-13-8-11(2)14(16)12(3)9-13/h4-5,8-9,15-16H,6-7,10H2,1-3H3/b5-4+. The fraction of sp³-hybridized carbons (Fsp3) is 0.429. The summed E-state index contributed by atoms with van der Waals surface area (Å²) in [5.41, 5.74) is 3.13. The van der Waals surface area contributed by atoms with Gasteiger partial charge in [-0.3, -0.25) is 0 Å². The van der Waals surface area contributed by atoms with E-state index in [1.165, 1.54) is 5.56 Å². The largest absolute Gasteiger partial charge is 0.507 e. The normalized spacial score (nSPS) is 11.2. The van der Waals surface area contributed by atoms with E-state index in [1.54, 1.807) is 0 Å². The molecular weight excluding hydrogens is 198 g/mol. The van der Waals surface area contributed by atoms with Crippen molar-refractivity contribution in [3.63, 3.8) is 0 Å². The summed E-state index contributed by atoms with van der Waals surface area (Å²) in [4.78, 5) is 0. The monoisotopic (exact) mass is 219 g/mol. The Morgan fingerprint density at radius 2 is 1.88 bits per heavy atom. The predicted octanol–water partition coefficient (Wildman–Crippen LogP) is 3.06. The van der Waals surface area contributed by atoms with Crippen LogP contribution in [0.4, 0.5) is 0 Å². The Labute approximate surface area is 98.0 Å². The highest BCUT2D eigenvalue weighted by Crippen LogP contribution is 2.22. The van der Waals surface area contributed by atoms with Crippen LogP contribution in [0.5, 0.6) is 5.75 Å². The Hall–Kier alpha value is -1.28. The maximum absolute atomic E-state index is 9.64. The first-order valence-electron chi connectivity index (χ1n) is 5.76. The molecule has 1 rings (SSSR count). The van der Waals surface area contributed by atoms with Crippen molar-refractivity contribution in [2.45, 2.75) is 33.7 Å². The molecule has 0 heterocycles. The van der Waals surface area contributed by atoms with Crippen LogP contribution in [0.1, 0.15) is 30.0 Å². The molecule has 0 fully saturated rings. The summed E-state index contributed by atoms with van der Waals surface area (Å²) in [5, 5.41) is 13.0. The van der Waals surface area contributed by atoms with Gasteiger partial charge in [0.2, 0.25) is 0 Å². The van der Waals surface area contributed by atoms with E-state index in [2.05, 4.69) is 17.5 Å². The number of aryl methyl sites for hydroxylation is 2. The minimum atomic E-state index is 0.415. The van der Waals surface area contributed by atoms with Crippen molar-refractivity contribution in [1.82, 2.24) is 5.32 Å². The minimum absolute atomic E-state index is 0.415. The molecule has 2 nitrogen and oxygen atoms in total. The fourth-order valence-electron chi connectivity index (χ4n) is 1.73. The second-order valence-electron chi connectivity index (χ2n) is 4.11. The number of nitrogens with one attached hydrogen (secondary N) is 1. The first-order valence-corrected chi connectivity index (χ1v) is 5.76. The number of hydrogen-bond donors (Lipinski definition) is 2. The number of hydrogen-bond acceptors (Lipinski definition) is 2. The van der Waals surface area contributed by atoms with E-state index >= 15 is 0 Å². The van der Waals surface area contributed by atoms with Crippen LogP contribution in [0, 0.1) is 13.8 Å². The fourth-order valence-corrected chi connectivity index (χ4v) is 1.73. The third-order valence-corrected chi connectivity index (χ3v) is 2.60. The predicted molar refractivity (Wildman–Crippen MR) is 68.7 cm³/mol. The Morgan fingerprint density at radius 1 is 1.25 bits per heavy atom. The second-order valence-corrected chi connectivity index (χ2v) is 4.11. The van der Waals surface area contributed by atoms with Gasteiger partial charge in [0.05, 0.1) is 0 Å². The van der Waals surface area contributed by atoms with Crippen LogP contribution in [0.25, 0.3) is 0 Å². The average Bonchev–Trinajstić information content (AvgIpc) is 2.25. The topological polar surface area (TPSA) is 32.3 Å². The van der Waals surface area contributed by atoms with Crippen molar-refractivity contribution in [3.8, 4) is 5.75 Å². The van der Waals surface area contributed by atoms with Gasteiger partial charge in [-0.15, -0.1) is 0 Å². The quantitative estimate of drug-likeness (QED) is 0.589. The summed E-state index contributed by atoms with van der Waals surface area (Å²) < 4.78 is 0. The smallest absolute Gasteiger partial charge is 0.121 e. The average molecular weight is 219 g/mol. The lowest BCUT2D eigenvalue weighted by Gasteiger charge is -2.08. The van der Waals surface area contributed by atoms with E-state index in [-0.39, 0.29) is 0 Å². The van der Waals surface area contributed by atoms with Gasteiger partial charge in [0.15, 0.2) is 0 Å². The molecule has 0 aromatic heterocycles. The molecule has 0 aliphatic rings. The molecule has 0 unspecified atom stereocenters. The van der Waals surface area contributed by atoms with Crippen molar-refractivity contribution in [2.24, 2.45) is 0 Å². The van der Waals surface area contributed by atoms with Crippen molar-refractivity contribution in [3.05, 3.63) is 41.0 Å². The number of phenols is 1. The van der Waals surface area contributed by atoms with E-state index in [9.17, 15) is 5.11 Å². The van der Waals surface area contributed by atoms with Crippen molar-refractivity contribution >= 4 is 0 Å². The van der Waals surface area contributed by atoms with Gasteiger partial charge in [-0.05, 0) is 50.4 Å². The molecule has 1 aromatic rings. The summed E-state index contributed by atoms with van der Waals surface area (Å²) in [5.74, 6) is 0.415. The zero-order valence-corrected chi connectivity index (χ0v) is 10.4. The lowest BCUT2D eigenvalue weighted by atomic mass is 10.1. The molecule has 16 heavy (non-hydrogen) atoms. The van der Waals surface area contributed by atoms with Gasteiger partial charge in [-0.1, -0.05) is 24.3 Å². The third-order valence-electron chi connectivity index (χ3n) is 2.60. The van der Waals surface area contributed by atoms with Gasteiger partial charge in [-0.2, -0.15) is 0 Å². The lowest BCUT2D eigenvalue weighted by Crippen LogP contribution is -2.14. The first-order chi connectivity index (χ1) is 7.65. The van der Waals surface area contributed by atoms with E-state index in [0.717, 1.165) is 30.6 Å². The summed E-state index contributed by atoms with van der Waals surface area (Å²) in [6.07, 6.45) is 5.28. The van der Waals surface area contributed by atoms with Gasteiger partial charge < -0.3 is 10.4 Å². The maximum atomic E-state index is 9.64. The second kappa shape index (κ2) is 6.33. The molecule has 0 bridgehead atoms. The van der Waals surface area contributed by atoms with Gasteiger partial charge in [-0.25, -0.2) is 0 Å². The molecule has 0 atom stereocenters. The zero-order valence-electron chi connectivity index (χ0n) is 10.4. The minimum Gasteiger partial charge on any atom is -0.507 e.